The molecule has 130 valence electrons. The third kappa shape index (κ3) is 2.62. The largest absolute Gasteiger partial charge is 0.496 e. The predicted octanol–water partition coefficient (Wildman–Crippen LogP) is 3.10. The highest BCUT2D eigenvalue weighted by atomic mass is 16.5. The van der Waals surface area contributed by atoms with Gasteiger partial charge in [0.25, 0.3) is 0 Å². The smallest absolute Gasteiger partial charge is 0.143 e. The number of hydrogen-bond acceptors (Lipinski definition) is 6. The standard InChI is InChI=1S/C20H19N5O/c1-26-16-7-4-6-15-18(16)19(24-14-23-15)25-11-5-9-20(12-21,13-25)17-8-2-3-10-22-17/h2-4,6-8,10,14H,5,9,11,13H2,1H3. The molecular weight excluding hydrogens is 326 g/mol. The second-order valence-corrected chi connectivity index (χ2v) is 6.49. The summed E-state index contributed by atoms with van der Waals surface area (Å²) in [6.45, 7) is 1.38. The molecule has 6 heteroatoms. The minimum absolute atomic E-state index is 0.546. The summed E-state index contributed by atoms with van der Waals surface area (Å²) in [4.78, 5) is 15.5. The Morgan fingerprint density at radius 1 is 1.15 bits per heavy atom. The van der Waals surface area contributed by atoms with E-state index in [1.807, 2.05) is 36.4 Å². The molecule has 1 aliphatic heterocycles. The third-order valence-electron chi connectivity index (χ3n) is 4.99. The van der Waals surface area contributed by atoms with Crippen LogP contribution in [-0.2, 0) is 5.41 Å². The van der Waals surface area contributed by atoms with Gasteiger partial charge in [0, 0.05) is 19.3 Å². The molecule has 0 amide bonds. The van der Waals surface area contributed by atoms with Crippen LogP contribution in [0.4, 0.5) is 5.82 Å². The monoisotopic (exact) mass is 345 g/mol. The van der Waals surface area contributed by atoms with Crippen LogP contribution in [0.15, 0.2) is 48.9 Å². The molecule has 6 nitrogen and oxygen atoms in total. The highest BCUT2D eigenvalue weighted by Crippen LogP contribution is 2.38. The Kier molecular flexibility index (Phi) is 4.13. The highest BCUT2D eigenvalue weighted by Gasteiger charge is 2.39. The number of piperidine rings is 1. The van der Waals surface area contributed by atoms with E-state index < -0.39 is 5.41 Å². The number of hydrogen-bond donors (Lipinski definition) is 0. The van der Waals surface area contributed by atoms with Crippen molar-refractivity contribution in [2.24, 2.45) is 0 Å². The number of rotatable bonds is 3. The number of nitriles is 1. The molecule has 1 atom stereocenters. The summed E-state index contributed by atoms with van der Waals surface area (Å²) < 4.78 is 5.54. The molecular formula is C20H19N5O. The SMILES string of the molecule is COc1cccc2ncnc(N3CCCC(C#N)(c4ccccn4)C3)c12. The van der Waals surface area contributed by atoms with Crippen LogP contribution in [0.3, 0.4) is 0 Å². The lowest BCUT2D eigenvalue weighted by Gasteiger charge is -2.39. The Morgan fingerprint density at radius 2 is 2.08 bits per heavy atom. The Hall–Kier alpha value is -3.20. The van der Waals surface area contributed by atoms with Gasteiger partial charge in [-0.25, -0.2) is 9.97 Å². The summed E-state index contributed by atoms with van der Waals surface area (Å²) in [6.07, 6.45) is 5.00. The van der Waals surface area contributed by atoms with Crippen LogP contribution in [0, 0.1) is 11.3 Å². The van der Waals surface area contributed by atoms with Crippen molar-refractivity contribution in [3.63, 3.8) is 0 Å². The first-order valence-electron chi connectivity index (χ1n) is 8.63. The van der Waals surface area contributed by atoms with E-state index in [0.29, 0.717) is 6.54 Å². The molecule has 3 aromatic rings. The second kappa shape index (κ2) is 6.60. The number of pyridine rings is 1. The molecule has 1 saturated heterocycles. The van der Waals surface area contributed by atoms with Gasteiger partial charge in [-0.2, -0.15) is 5.26 Å². The van der Waals surface area contributed by atoms with Crippen LogP contribution < -0.4 is 9.64 Å². The molecule has 0 spiro atoms. The van der Waals surface area contributed by atoms with Crippen LogP contribution in [-0.4, -0.2) is 35.2 Å². The predicted molar refractivity (Wildman–Crippen MR) is 99.1 cm³/mol. The zero-order valence-corrected chi connectivity index (χ0v) is 14.6. The van der Waals surface area contributed by atoms with E-state index >= 15 is 0 Å². The van der Waals surface area contributed by atoms with Gasteiger partial charge in [-0.3, -0.25) is 4.98 Å². The Bertz CT molecular complexity index is 964. The average Bonchev–Trinajstić information content (AvgIpc) is 2.73. The first-order valence-corrected chi connectivity index (χ1v) is 8.63. The normalized spacial score (nSPS) is 19.9. The number of benzene rings is 1. The summed E-state index contributed by atoms with van der Waals surface area (Å²) in [5.74, 6) is 1.55. The van der Waals surface area contributed by atoms with Gasteiger partial charge in [0.15, 0.2) is 0 Å². The molecule has 1 unspecified atom stereocenters. The molecule has 0 radical (unpaired) electrons. The van der Waals surface area contributed by atoms with Crippen molar-refractivity contribution in [2.75, 3.05) is 25.1 Å². The van der Waals surface area contributed by atoms with E-state index in [0.717, 1.165) is 47.6 Å². The van der Waals surface area contributed by atoms with Crippen molar-refractivity contribution < 1.29 is 4.74 Å². The van der Waals surface area contributed by atoms with E-state index in [-0.39, 0.29) is 0 Å². The molecule has 1 aliphatic rings. The molecule has 1 aromatic carbocycles. The van der Waals surface area contributed by atoms with E-state index in [9.17, 15) is 5.26 Å². The minimum Gasteiger partial charge on any atom is -0.496 e. The molecule has 0 saturated carbocycles. The van der Waals surface area contributed by atoms with E-state index in [2.05, 4.69) is 25.9 Å². The average molecular weight is 345 g/mol. The molecule has 0 bridgehead atoms. The Labute approximate surface area is 152 Å². The van der Waals surface area contributed by atoms with Gasteiger partial charge in [0.05, 0.1) is 29.8 Å². The molecule has 4 rings (SSSR count). The summed E-state index contributed by atoms with van der Waals surface area (Å²) in [5.41, 5.74) is 1.01. The molecule has 1 fully saturated rings. The van der Waals surface area contributed by atoms with Crippen molar-refractivity contribution in [3.05, 3.63) is 54.6 Å². The Morgan fingerprint density at radius 3 is 2.85 bits per heavy atom. The number of fused-ring (bicyclic) bond motifs is 1. The van der Waals surface area contributed by atoms with Gasteiger partial charge in [0.2, 0.25) is 0 Å². The van der Waals surface area contributed by atoms with Crippen LogP contribution in [0.5, 0.6) is 5.75 Å². The minimum atomic E-state index is -0.640. The maximum atomic E-state index is 10.00. The van der Waals surface area contributed by atoms with Crippen LogP contribution >= 0.6 is 0 Å². The summed E-state index contributed by atoms with van der Waals surface area (Å²) >= 11 is 0. The number of nitrogens with zero attached hydrogens (tertiary/aromatic N) is 5. The quantitative estimate of drug-likeness (QED) is 0.726. The lowest BCUT2D eigenvalue weighted by Crippen LogP contribution is -2.46. The van der Waals surface area contributed by atoms with Crippen molar-refractivity contribution >= 4 is 16.7 Å². The zero-order valence-electron chi connectivity index (χ0n) is 14.6. The summed E-state index contributed by atoms with van der Waals surface area (Å²) in [6, 6.07) is 14.1. The number of methoxy groups -OCH3 is 1. The van der Waals surface area contributed by atoms with Gasteiger partial charge >= 0.3 is 0 Å². The van der Waals surface area contributed by atoms with Gasteiger partial charge in [-0.15, -0.1) is 0 Å². The molecule has 3 heterocycles. The molecule has 26 heavy (non-hydrogen) atoms. The van der Waals surface area contributed by atoms with Crippen LogP contribution in [0.2, 0.25) is 0 Å². The molecule has 0 N–H and O–H groups in total. The third-order valence-corrected chi connectivity index (χ3v) is 4.99. The lowest BCUT2D eigenvalue weighted by atomic mass is 9.78. The topological polar surface area (TPSA) is 74.9 Å². The second-order valence-electron chi connectivity index (χ2n) is 6.49. The first-order chi connectivity index (χ1) is 12.8. The van der Waals surface area contributed by atoms with E-state index in [4.69, 9.17) is 4.74 Å². The van der Waals surface area contributed by atoms with Gasteiger partial charge < -0.3 is 9.64 Å². The van der Waals surface area contributed by atoms with Gasteiger partial charge in [-0.1, -0.05) is 12.1 Å². The summed E-state index contributed by atoms with van der Waals surface area (Å²) in [5, 5.41) is 10.9. The van der Waals surface area contributed by atoms with Crippen molar-refractivity contribution in [1.29, 1.82) is 5.26 Å². The van der Waals surface area contributed by atoms with E-state index in [1.165, 1.54) is 0 Å². The molecule has 0 aliphatic carbocycles. The van der Waals surface area contributed by atoms with Crippen molar-refractivity contribution in [2.45, 2.75) is 18.3 Å². The van der Waals surface area contributed by atoms with Crippen LogP contribution in [0.1, 0.15) is 18.5 Å². The maximum absolute atomic E-state index is 10.00. The van der Waals surface area contributed by atoms with E-state index in [1.54, 1.807) is 19.6 Å². The van der Waals surface area contributed by atoms with Crippen LogP contribution in [0.25, 0.3) is 10.9 Å². The number of aromatic nitrogens is 3. The zero-order chi connectivity index (χ0) is 18.0. The lowest BCUT2D eigenvalue weighted by molar-refractivity contribution is 0.411. The van der Waals surface area contributed by atoms with Gasteiger partial charge in [0.1, 0.15) is 23.3 Å². The number of ether oxygens (including phenoxy) is 1. The van der Waals surface area contributed by atoms with Gasteiger partial charge in [-0.05, 0) is 37.1 Å². The maximum Gasteiger partial charge on any atom is 0.143 e. The first kappa shape index (κ1) is 16.3. The Balaban J connectivity index is 1.80. The highest BCUT2D eigenvalue weighted by molar-refractivity contribution is 5.94. The fourth-order valence-corrected chi connectivity index (χ4v) is 3.71. The van der Waals surface area contributed by atoms with Crippen molar-refractivity contribution in [1.82, 2.24) is 15.0 Å². The fourth-order valence-electron chi connectivity index (χ4n) is 3.71. The van der Waals surface area contributed by atoms with Crippen molar-refractivity contribution in [3.8, 4) is 11.8 Å². The molecule has 2 aromatic heterocycles. The summed E-state index contributed by atoms with van der Waals surface area (Å²) in [7, 11) is 1.65. The fraction of sp³-hybridized carbons (Fsp3) is 0.300. The number of anilines is 1.